The second-order valence-corrected chi connectivity index (χ2v) is 26.9. The van der Waals surface area contributed by atoms with Gasteiger partial charge in [0.1, 0.15) is 72.5 Å². The number of hydrogen-bond acceptors (Lipinski definition) is 22. The maximum atomic E-state index is 14.8. The third kappa shape index (κ3) is 30.3. The molecule has 1 fully saturated rings. The van der Waals surface area contributed by atoms with Crippen LogP contribution in [0.1, 0.15) is 97.0 Å². The predicted molar refractivity (Wildman–Crippen MR) is 390 cm³/mol. The predicted octanol–water partition coefficient (Wildman–Crippen LogP) is -6.56. The van der Waals surface area contributed by atoms with Crippen LogP contribution in [0.5, 0.6) is 0 Å². The highest BCUT2D eigenvalue weighted by atomic mass is 32.2. The van der Waals surface area contributed by atoms with E-state index >= 15 is 0 Å². The van der Waals surface area contributed by atoms with Crippen LogP contribution in [0.2, 0.25) is 0 Å². The molecule has 1 aliphatic heterocycles. The number of nitrogens with zero attached hydrogens (tertiary/aromatic N) is 3. The Hall–Kier alpha value is -8.70. The first kappa shape index (κ1) is 88.5. The van der Waals surface area contributed by atoms with Gasteiger partial charge in [0.25, 0.3) is 0 Å². The molecule has 12 atom stereocenters. The van der Waals surface area contributed by atoms with Crippen molar-refractivity contribution in [2.45, 2.75) is 170 Å². The van der Waals surface area contributed by atoms with E-state index in [1.54, 1.807) is 56.8 Å². The van der Waals surface area contributed by atoms with Gasteiger partial charge in [0, 0.05) is 55.8 Å². The summed E-state index contributed by atoms with van der Waals surface area (Å²) in [6, 6.07) is -10.3. The molecule has 2 heterocycles. The number of aromatic nitrogens is 1. The Morgan fingerprint density at radius 1 is 0.563 bits per heavy atom. The molecule has 12 amide bonds. The Morgan fingerprint density at radius 3 is 1.48 bits per heavy atom. The molecule has 2 aromatic rings. The summed E-state index contributed by atoms with van der Waals surface area (Å²) in [6.07, 6.45) is 5.77. The SMILES string of the molecule is CSCC[C@H](NC(=O)[C@@H](CO)NC(C)=O)C(=O)N[C@@H](CCCN=C(N)N)C(=O)N[C@@H](Cc1c[nH]c2ccccc12)C(=O)N[C@@H](CO)C(=O)N[C@@H](CCCN=C(N)N)C(=O)N[C@@H](CCCCN)C(=O)N[C@@H](CCSC)C(=O)N1CCC[C@H]1C(=O)N[C@@H](CS)C(=O)N[C@H](C(=O)N[C@@H](CO)C(=O)O)C(C)C. The monoisotopic (exact) mass is 1510 g/mol. The molecule has 103 heavy (non-hydrogen) atoms. The lowest BCUT2D eigenvalue weighted by atomic mass is 10.0. The zero-order valence-electron chi connectivity index (χ0n) is 58.5. The minimum atomic E-state index is -1.84. The number of nitrogens with one attached hydrogen (secondary N) is 12. The van der Waals surface area contributed by atoms with Crippen molar-refractivity contribution < 1.29 is 82.8 Å². The normalized spacial score (nSPS) is 15.8. The van der Waals surface area contributed by atoms with E-state index in [1.807, 2.05) is 0 Å². The summed E-state index contributed by atoms with van der Waals surface area (Å²) in [4.78, 5) is 192. The van der Waals surface area contributed by atoms with E-state index in [1.165, 1.54) is 28.4 Å². The Morgan fingerprint density at radius 2 is 1.00 bits per heavy atom. The van der Waals surface area contributed by atoms with Gasteiger partial charge in [-0.1, -0.05) is 32.0 Å². The number of nitrogens with two attached hydrogens (primary N) is 5. The molecule has 0 unspecified atom stereocenters. The molecule has 1 aromatic heterocycles. The molecule has 40 heteroatoms. The van der Waals surface area contributed by atoms with Crippen LogP contribution in [0.25, 0.3) is 10.9 Å². The summed E-state index contributed by atoms with van der Waals surface area (Å²) in [5.41, 5.74) is 29.3. The van der Waals surface area contributed by atoms with Crippen LogP contribution in [0.3, 0.4) is 0 Å². The first-order valence-corrected chi connectivity index (χ1v) is 37.0. The fraction of sp³-hybridized carbons (Fsp3) is 0.635. The van der Waals surface area contributed by atoms with Gasteiger partial charge in [0.2, 0.25) is 70.9 Å². The second kappa shape index (κ2) is 46.8. The number of carbonyl (C=O) groups excluding carboxylic acids is 12. The van der Waals surface area contributed by atoms with Crippen LogP contribution in [-0.4, -0.2) is 267 Å². The zero-order valence-corrected chi connectivity index (χ0v) is 61.1. The summed E-state index contributed by atoms with van der Waals surface area (Å²) >= 11 is 6.94. The van der Waals surface area contributed by atoms with Crippen LogP contribution >= 0.6 is 36.2 Å². The number of thioether (sulfide) groups is 2. The number of carbonyl (C=O) groups is 13. The topological polar surface area (TPSA) is 609 Å². The molecule has 1 aromatic carbocycles. The van der Waals surface area contributed by atoms with Crippen molar-refractivity contribution in [1.29, 1.82) is 0 Å². The van der Waals surface area contributed by atoms with Crippen molar-refractivity contribution >= 4 is 136 Å². The second-order valence-electron chi connectivity index (χ2n) is 24.6. The highest BCUT2D eigenvalue weighted by molar-refractivity contribution is 7.98. The number of likely N-dealkylation sites (tertiary alicyclic amines) is 1. The molecule has 26 N–H and O–H groups in total. The lowest BCUT2D eigenvalue weighted by molar-refractivity contribution is -0.144. The number of para-hydroxylation sites is 1. The van der Waals surface area contributed by atoms with Crippen molar-refractivity contribution in [2.24, 2.45) is 44.6 Å². The first-order valence-electron chi connectivity index (χ1n) is 33.6. The van der Waals surface area contributed by atoms with Gasteiger partial charge in [-0.15, -0.1) is 0 Å². The van der Waals surface area contributed by atoms with Gasteiger partial charge in [-0.25, -0.2) is 4.79 Å². The van der Waals surface area contributed by atoms with Crippen LogP contribution < -0.4 is 87.2 Å². The number of thiol groups is 1. The van der Waals surface area contributed by atoms with Gasteiger partial charge in [0.15, 0.2) is 11.9 Å². The number of aliphatic imine (C=N–C) groups is 2. The van der Waals surface area contributed by atoms with Crippen molar-refractivity contribution in [1.82, 2.24) is 68.4 Å². The van der Waals surface area contributed by atoms with E-state index in [0.29, 0.717) is 40.8 Å². The number of rotatable bonds is 48. The number of aliphatic hydroxyl groups excluding tert-OH is 3. The van der Waals surface area contributed by atoms with Gasteiger partial charge in [-0.05, 0) is 119 Å². The Balaban J connectivity index is 1.98. The summed E-state index contributed by atoms with van der Waals surface area (Å²) in [5.74, 6) is -12.7. The first-order chi connectivity index (χ1) is 49.0. The standard InChI is InChI=1S/C63H104N20O17S3/c1-33(2)49(59(97)80-46(31-86)61(99)100)82-57(95)47(32-101)81-58(96)48-18-12-24-83(48)60(98)42(20-26-103-5)77-51(89)38(15-8-9-21-64)73-50(88)39(16-10-22-69-62(65)66)75-56(94)45(30-85)79-54(92)43(27-35-28-71-37-14-7-6-13-36(35)37)78-52(90)40(17-11-23-70-63(67)68)74-53(91)41(19-25-102-4)76-55(93)44(29-84)72-34(3)87/h6-7,13-14,28,33,38-49,71,84-86,101H,8-12,15-27,29-32,64H2,1-5H3,(H,72,87)(H,73,88)(H,74,91)(H,75,94)(H,76,93)(H,77,89)(H,78,90)(H,79,92)(H,80,97)(H,81,96)(H,82,95)(H,99,100)(H4,65,66,69)(H4,67,68,70)/t38-,39-,40-,41-,42-,43-,44+,45-,46-,47-,48-,49-/m0/s1. The van der Waals surface area contributed by atoms with Crippen LogP contribution in [0.15, 0.2) is 40.4 Å². The highest BCUT2D eigenvalue weighted by Crippen LogP contribution is 2.22. The van der Waals surface area contributed by atoms with E-state index in [2.05, 4.69) is 86.1 Å². The van der Waals surface area contributed by atoms with E-state index in [9.17, 15) is 82.8 Å². The fourth-order valence-electron chi connectivity index (χ4n) is 10.8. The number of carboxylic acid groups (broad SMARTS) is 1. The third-order valence-electron chi connectivity index (χ3n) is 16.3. The number of carboxylic acids is 1. The number of hydrogen-bond donors (Lipinski definition) is 22. The van der Waals surface area contributed by atoms with Crippen molar-refractivity contribution in [3.05, 3.63) is 36.0 Å². The van der Waals surface area contributed by atoms with Crippen molar-refractivity contribution in [3.8, 4) is 0 Å². The summed E-state index contributed by atoms with van der Waals surface area (Å²) < 4.78 is 0. The molecule has 0 bridgehead atoms. The van der Waals surface area contributed by atoms with Crippen LogP contribution in [0.4, 0.5) is 0 Å². The Labute approximate surface area is 610 Å². The maximum Gasteiger partial charge on any atom is 0.328 e. The van der Waals surface area contributed by atoms with Gasteiger partial charge >= 0.3 is 5.97 Å². The smallest absolute Gasteiger partial charge is 0.328 e. The average Bonchev–Trinajstić information content (AvgIpc) is 1.73. The van der Waals surface area contributed by atoms with E-state index < -0.39 is 175 Å². The Kier molecular flexibility index (Phi) is 40.2. The molecule has 576 valence electrons. The van der Waals surface area contributed by atoms with E-state index in [0.717, 1.165) is 6.92 Å². The van der Waals surface area contributed by atoms with E-state index in [-0.39, 0.29) is 108 Å². The maximum absolute atomic E-state index is 14.8. The van der Waals surface area contributed by atoms with Gasteiger partial charge < -0.3 is 117 Å². The number of fused-ring (bicyclic) bond motifs is 1. The zero-order chi connectivity index (χ0) is 76.9. The molecule has 37 nitrogen and oxygen atoms in total. The number of aliphatic hydroxyl groups is 3. The van der Waals surface area contributed by atoms with Crippen molar-refractivity contribution in [2.75, 3.05) is 75.8 Å². The molecular weight excluding hydrogens is 1410 g/mol. The fourth-order valence-corrected chi connectivity index (χ4v) is 12.0. The largest absolute Gasteiger partial charge is 0.480 e. The lowest BCUT2D eigenvalue weighted by Gasteiger charge is -2.31. The van der Waals surface area contributed by atoms with Crippen LogP contribution in [0, 0.1) is 5.92 Å². The summed E-state index contributed by atoms with van der Waals surface area (Å²) in [5, 5.41) is 68.0. The highest BCUT2D eigenvalue weighted by Gasteiger charge is 2.41. The van der Waals surface area contributed by atoms with Gasteiger partial charge in [-0.2, -0.15) is 36.2 Å². The van der Waals surface area contributed by atoms with Crippen LogP contribution in [-0.2, 0) is 68.7 Å². The number of unbranched alkanes of at least 4 members (excludes halogenated alkanes) is 1. The molecule has 0 saturated carbocycles. The number of aliphatic carboxylic acids is 1. The number of amides is 12. The number of benzene rings is 1. The molecule has 0 aliphatic carbocycles. The molecular formula is C63H104N20O17S3. The molecule has 0 spiro atoms. The van der Waals surface area contributed by atoms with Crippen molar-refractivity contribution in [3.63, 3.8) is 0 Å². The van der Waals surface area contributed by atoms with E-state index in [4.69, 9.17) is 28.7 Å². The molecule has 3 rings (SSSR count). The molecule has 1 aliphatic rings. The summed E-state index contributed by atoms with van der Waals surface area (Å²) in [7, 11) is 0. The quantitative estimate of drug-likeness (QED) is 0.0127. The molecule has 1 saturated heterocycles. The number of H-pyrrole nitrogens is 1. The van der Waals surface area contributed by atoms with Gasteiger partial charge in [-0.3, -0.25) is 67.5 Å². The third-order valence-corrected chi connectivity index (χ3v) is 18.0. The molecule has 0 radical (unpaired) electrons. The average molecular weight is 1510 g/mol. The lowest BCUT2D eigenvalue weighted by Crippen LogP contribution is -2.61. The van der Waals surface area contributed by atoms with Gasteiger partial charge in [0.05, 0.1) is 19.8 Å². The Bertz CT molecular complexity index is 3230. The minimum Gasteiger partial charge on any atom is -0.480 e. The number of guanidine groups is 2. The number of aromatic amines is 1. The summed E-state index contributed by atoms with van der Waals surface area (Å²) in [6.45, 7) is 1.65. The minimum absolute atomic E-state index is 0.0120.